The summed E-state index contributed by atoms with van der Waals surface area (Å²) >= 11 is 5.23. The number of amides is 1. The molecule has 0 saturated carbocycles. The van der Waals surface area contributed by atoms with Gasteiger partial charge in [0.05, 0.1) is 7.11 Å². The molecule has 0 aliphatic heterocycles. The quantitative estimate of drug-likeness (QED) is 0.591. The third-order valence-corrected chi connectivity index (χ3v) is 3.04. The summed E-state index contributed by atoms with van der Waals surface area (Å²) < 4.78 is 5.05. The predicted octanol–water partition coefficient (Wildman–Crippen LogP) is 3.11. The number of halogens is 1. The normalized spacial score (nSPS) is 10.1. The fourth-order valence-corrected chi connectivity index (χ4v) is 1.89. The first-order valence-electron chi connectivity index (χ1n) is 6.32. The van der Waals surface area contributed by atoms with Gasteiger partial charge in [0.25, 0.3) is 0 Å². The molecule has 1 aromatic rings. The zero-order chi connectivity index (χ0) is 15.0. The number of hydrogen-bond acceptors (Lipinski definition) is 3. The van der Waals surface area contributed by atoms with Gasteiger partial charge in [-0.15, -0.1) is 0 Å². The lowest BCUT2D eigenvalue weighted by Gasteiger charge is -2.19. The Morgan fingerprint density at radius 1 is 1.25 bits per heavy atom. The smallest absolute Gasteiger partial charge is 0.407 e. The zero-order valence-electron chi connectivity index (χ0n) is 11.3. The van der Waals surface area contributed by atoms with E-state index < -0.39 is 6.09 Å². The maximum absolute atomic E-state index is 11.2. The fraction of sp³-hybridized carbons (Fsp3) is 0.429. The van der Waals surface area contributed by atoms with Crippen LogP contribution in [0.5, 0.6) is 5.75 Å². The summed E-state index contributed by atoms with van der Waals surface area (Å²) in [5, 5.41) is 8.77. The number of unbranched alkanes of at least 4 members (excludes halogenated alkanes) is 1. The minimum absolute atomic E-state index is 0.275. The standard InChI is InChI=1S/C14H18ClNO4/c1-20-12-7-5-11(6-8-12)10-16(14(18)19)9-3-2-4-13(15)17/h5-8H,2-4,9-10H2,1H3,(H,18,19). The number of nitrogens with zero attached hydrogens (tertiary/aromatic N) is 1. The van der Waals surface area contributed by atoms with Crippen LogP contribution in [0.4, 0.5) is 4.79 Å². The minimum atomic E-state index is -0.974. The molecule has 0 saturated heterocycles. The van der Waals surface area contributed by atoms with E-state index in [4.69, 9.17) is 21.4 Å². The number of rotatable bonds is 8. The average molecular weight is 300 g/mol. The van der Waals surface area contributed by atoms with Crippen LogP contribution in [0.2, 0.25) is 0 Å². The molecule has 1 amide bonds. The SMILES string of the molecule is COc1ccc(CN(CCCCC(=O)Cl)C(=O)O)cc1. The van der Waals surface area contributed by atoms with Crippen LogP contribution in [-0.2, 0) is 11.3 Å². The van der Waals surface area contributed by atoms with E-state index in [0.29, 0.717) is 25.9 Å². The molecule has 0 aliphatic rings. The Bertz CT molecular complexity index is 447. The van der Waals surface area contributed by atoms with Crippen LogP contribution in [0.25, 0.3) is 0 Å². The van der Waals surface area contributed by atoms with Crippen LogP contribution < -0.4 is 4.74 Å². The van der Waals surface area contributed by atoms with Crippen LogP contribution in [0.15, 0.2) is 24.3 Å². The molecule has 0 unspecified atom stereocenters. The van der Waals surface area contributed by atoms with Crippen molar-refractivity contribution < 1.29 is 19.4 Å². The van der Waals surface area contributed by atoms with Crippen molar-refractivity contribution in [2.75, 3.05) is 13.7 Å². The number of benzene rings is 1. The lowest BCUT2D eigenvalue weighted by Crippen LogP contribution is -2.29. The summed E-state index contributed by atoms with van der Waals surface area (Å²) in [7, 11) is 1.58. The average Bonchev–Trinajstić information content (AvgIpc) is 2.42. The topological polar surface area (TPSA) is 66.8 Å². The number of hydrogen-bond donors (Lipinski definition) is 1. The van der Waals surface area contributed by atoms with Crippen molar-refractivity contribution in [1.82, 2.24) is 4.90 Å². The Hall–Kier alpha value is -1.75. The van der Waals surface area contributed by atoms with Gasteiger partial charge in [0.2, 0.25) is 5.24 Å². The molecular weight excluding hydrogens is 282 g/mol. The molecule has 1 aromatic carbocycles. The third-order valence-electron chi connectivity index (χ3n) is 2.85. The second kappa shape index (κ2) is 8.43. The Labute approximate surface area is 123 Å². The Balaban J connectivity index is 2.49. The molecule has 0 aromatic heterocycles. The van der Waals surface area contributed by atoms with E-state index in [1.165, 1.54) is 4.90 Å². The molecule has 0 bridgehead atoms. The molecular formula is C14H18ClNO4. The van der Waals surface area contributed by atoms with E-state index in [-0.39, 0.29) is 11.7 Å². The van der Waals surface area contributed by atoms with Crippen molar-refractivity contribution >= 4 is 22.9 Å². The second-order valence-corrected chi connectivity index (χ2v) is 4.79. The van der Waals surface area contributed by atoms with E-state index in [0.717, 1.165) is 11.3 Å². The summed E-state index contributed by atoms with van der Waals surface area (Å²) in [6.45, 7) is 0.694. The highest BCUT2D eigenvalue weighted by molar-refractivity contribution is 6.63. The van der Waals surface area contributed by atoms with Crippen molar-refractivity contribution in [1.29, 1.82) is 0 Å². The first-order valence-corrected chi connectivity index (χ1v) is 6.70. The highest BCUT2D eigenvalue weighted by Crippen LogP contribution is 2.13. The molecule has 1 N–H and O–H groups in total. The molecule has 110 valence electrons. The molecule has 0 spiro atoms. The van der Waals surface area contributed by atoms with Crippen molar-refractivity contribution in [2.24, 2.45) is 0 Å². The van der Waals surface area contributed by atoms with Crippen molar-refractivity contribution in [2.45, 2.75) is 25.8 Å². The van der Waals surface area contributed by atoms with Crippen LogP contribution in [0.1, 0.15) is 24.8 Å². The van der Waals surface area contributed by atoms with Gasteiger partial charge in [-0.1, -0.05) is 12.1 Å². The van der Waals surface area contributed by atoms with Crippen molar-refractivity contribution in [3.63, 3.8) is 0 Å². The van der Waals surface area contributed by atoms with E-state index >= 15 is 0 Å². The van der Waals surface area contributed by atoms with Gasteiger partial charge < -0.3 is 14.7 Å². The largest absolute Gasteiger partial charge is 0.497 e. The molecule has 0 radical (unpaired) electrons. The minimum Gasteiger partial charge on any atom is -0.497 e. The summed E-state index contributed by atoms with van der Waals surface area (Å²) in [5.74, 6) is 0.733. The number of ether oxygens (including phenoxy) is 1. The first-order chi connectivity index (χ1) is 9.52. The highest BCUT2D eigenvalue weighted by atomic mass is 35.5. The summed E-state index contributed by atoms with van der Waals surface area (Å²) in [6.07, 6.45) is 0.505. The van der Waals surface area contributed by atoms with Gasteiger partial charge in [-0.05, 0) is 42.1 Å². The zero-order valence-corrected chi connectivity index (χ0v) is 12.1. The van der Waals surface area contributed by atoms with E-state index in [9.17, 15) is 9.59 Å². The van der Waals surface area contributed by atoms with Crippen LogP contribution >= 0.6 is 11.6 Å². The summed E-state index contributed by atoms with van der Waals surface area (Å²) in [6, 6.07) is 7.25. The molecule has 5 nitrogen and oxygen atoms in total. The van der Waals surface area contributed by atoms with E-state index in [1.807, 2.05) is 12.1 Å². The number of carboxylic acid groups (broad SMARTS) is 1. The van der Waals surface area contributed by atoms with Gasteiger partial charge in [0.1, 0.15) is 5.75 Å². The van der Waals surface area contributed by atoms with Gasteiger partial charge in [0.15, 0.2) is 0 Å². The van der Waals surface area contributed by atoms with Gasteiger partial charge in [-0.2, -0.15) is 0 Å². The number of methoxy groups -OCH3 is 1. The van der Waals surface area contributed by atoms with Gasteiger partial charge in [0, 0.05) is 19.5 Å². The van der Waals surface area contributed by atoms with Gasteiger partial charge in [-0.25, -0.2) is 4.79 Å². The predicted molar refractivity (Wildman–Crippen MR) is 76.1 cm³/mol. The van der Waals surface area contributed by atoms with E-state index in [2.05, 4.69) is 0 Å². The monoisotopic (exact) mass is 299 g/mol. The number of carbonyl (C=O) groups excluding carboxylic acids is 1. The van der Waals surface area contributed by atoms with Gasteiger partial charge >= 0.3 is 6.09 Å². The van der Waals surface area contributed by atoms with Crippen LogP contribution in [0.3, 0.4) is 0 Å². The van der Waals surface area contributed by atoms with Crippen LogP contribution in [0, 0.1) is 0 Å². The molecule has 6 heteroatoms. The van der Waals surface area contributed by atoms with Crippen molar-refractivity contribution in [3.05, 3.63) is 29.8 Å². The summed E-state index contributed by atoms with van der Waals surface area (Å²) in [4.78, 5) is 23.1. The molecule has 0 aliphatic carbocycles. The molecule has 20 heavy (non-hydrogen) atoms. The third kappa shape index (κ3) is 5.93. The maximum Gasteiger partial charge on any atom is 0.407 e. The fourth-order valence-electron chi connectivity index (χ4n) is 1.76. The van der Waals surface area contributed by atoms with Crippen LogP contribution in [-0.4, -0.2) is 35.0 Å². The van der Waals surface area contributed by atoms with E-state index in [1.54, 1.807) is 19.2 Å². The molecule has 0 fully saturated rings. The highest BCUT2D eigenvalue weighted by Gasteiger charge is 2.12. The first kappa shape index (κ1) is 16.3. The maximum atomic E-state index is 11.2. The molecule has 0 atom stereocenters. The Morgan fingerprint density at radius 2 is 1.90 bits per heavy atom. The second-order valence-electron chi connectivity index (χ2n) is 4.36. The van der Waals surface area contributed by atoms with Gasteiger partial charge in [-0.3, -0.25) is 4.79 Å². The Morgan fingerprint density at radius 3 is 2.40 bits per heavy atom. The lowest BCUT2D eigenvalue weighted by atomic mass is 10.2. The summed E-state index contributed by atoms with van der Waals surface area (Å²) in [5.41, 5.74) is 0.890. The van der Waals surface area contributed by atoms with Crippen molar-refractivity contribution in [3.8, 4) is 5.75 Å². The molecule has 1 rings (SSSR count). The molecule has 0 heterocycles. The lowest BCUT2D eigenvalue weighted by molar-refractivity contribution is -0.111. The number of carbonyl (C=O) groups is 2. The Kier molecular flexibility index (Phi) is 6.87.